The summed E-state index contributed by atoms with van der Waals surface area (Å²) in [6.45, 7) is 1.96. The number of benzene rings is 2. The fraction of sp³-hybridized carbons (Fsp3) is 0.0769. The number of nitrogen functional groups attached to an aromatic ring is 1. The largest absolute Gasteiger partial charge is 0.508 e. The van der Waals surface area contributed by atoms with E-state index < -0.39 is 0 Å². The van der Waals surface area contributed by atoms with E-state index in [1.54, 1.807) is 12.1 Å². The highest BCUT2D eigenvalue weighted by Crippen LogP contribution is 2.27. The van der Waals surface area contributed by atoms with Crippen LogP contribution < -0.4 is 11.1 Å². The second kappa shape index (κ2) is 4.55. The third-order valence-electron chi connectivity index (χ3n) is 2.41. The summed E-state index contributed by atoms with van der Waals surface area (Å²) in [6, 6.07) is 10.4. The van der Waals surface area contributed by atoms with Gasteiger partial charge in [-0.05, 0) is 42.8 Å². The summed E-state index contributed by atoms with van der Waals surface area (Å²) in [5, 5.41) is 13.1. The zero-order chi connectivity index (χ0) is 12.4. The van der Waals surface area contributed by atoms with Gasteiger partial charge in [-0.2, -0.15) is 0 Å². The van der Waals surface area contributed by atoms with Crippen LogP contribution in [0.2, 0.25) is 5.02 Å². The first-order valence-corrected chi connectivity index (χ1v) is 5.55. The molecule has 4 heteroatoms. The highest BCUT2D eigenvalue weighted by Gasteiger charge is 2.02. The highest BCUT2D eigenvalue weighted by molar-refractivity contribution is 6.31. The number of hydrogen-bond acceptors (Lipinski definition) is 3. The topological polar surface area (TPSA) is 58.3 Å². The van der Waals surface area contributed by atoms with Crippen molar-refractivity contribution in [2.75, 3.05) is 11.1 Å². The minimum Gasteiger partial charge on any atom is -0.508 e. The van der Waals surface area contributed by atoms with Gasteiger partial charge in [0.25, 0.3) is 0 Å². The summed E-state index contributed by atoms with van der Waals surface area (Å²) in [7, 11) is 0. The Morgan fingerprint density at radius 1 is 1.18 bits per heavy atom. The first-order valence-electron chi connectivity index (χ1n) is 5.17. The molecule has 0 aliphatic carbocycles. The van der Waals surface area contributed by atoms with E-state index in [1.165, 1.54) is 6.07 Å². The molecule has 0 saturated carbocycles. The molecule has 0 amide bonds. The Labute approximate surface area is 105 Å². The van der Waals surface area contributed by atoms with Gasteiger partial charge >= 0.3 is 0 Å². The van der Waals surface area contributed by atoms with Gasteiger partial charge in [0.15, 0.2) is 0 Å². The smallest absolute Gasteiger partial charge is 0.119 e. The van der Waals surface area contributed by atoms with Crippen molar-refractivity contribution >= 4 is 28.7 Å². The summed E-state index contributed by atoms with van der Waals surface area (Å²) in [5.41, 5.74) is 9.11. The van der Waals surface area contributed by atoms with Crippen LogP contribution in [0, 0.1) is 6.92 Å². The van der Waals surface area contributed by atoms with Gasteiger partial charge in [-0.3, -0.25) is 0 Å². The molecule has 0 unspecified atom stereocenters. The van der Waals surface area contributed by atoms with Crippen molar-refractivity contribution in [3.8, 4) is 5.75 Å². The van der Waals surface area contributed by atoms with Gasteiger partial charge in [-0.25, -0.2) is 0 Å². The molecule has 17 heavy (non-hydrogen) atoms. The minimum atomic E-state index is 0.132. The van der Waals surface area contributed by atoms with Crippen LogP contribution in [0.3, 0.4) is 0 Å². The van der Waals surface area contributed by atoms with Gasteiger partial charge in [0.2, 0.25) is 0 Å². The number of nitrogens with one attached hydrogen (secondary N) is 1. The van der Waals surface area contributed by atoms with Crippen LogP contribution >= 0.6 is 11.6 Å². The molecule has 0 aromatic heterocycles. The van der Waals surface area contributed by atoms with E-state index in [1.807, 2.05) is 25.1 Å². The van der Waals surface area contributed by atoms with E-state index in [2.05, 4.69) is 5.32 Å². The van der Waals surface area contributed by atoms with Crippen LogP contribution in [0.5, 0.6) is 5.75 Å². The van der Waals surface area contributed by atoms with E-state index in [0.29, 0.717) is 5.02 Å². The fourth-order valence-electron chi connectivity index (χ4n) is 1.63. The summed E-state index contributed by atoms with van der Waals surface area (Å²) < 4.78 is 0. The van der Waals surface area contributed by atoms with Crippen molar-refractivity contribution in [2.24, 2.45) is 0 Å². The molecular weight excluding hydrogens is 236 g/mol. The van der Waals surface area contributed by atoms with Crippen molar-refractivity contribution in [3.63, 3.8) is 0 Å². The molecule has 0 aliphatic heterocycles. The Bertz CT molecular complexity index is 535. The molecule has 2 aromatic rings. The number of halogens is 1. The summed E-state index contributed by atoms with van der Waals surface area (Å²) in [4.78, 5) is 0. The average Bonchev–Trinajstić information content (AvgIpc) is 2.21. The van der Waals surface area contributed by atoms with E-state index in [0.717, 1.165) is 22.6 Å². The maximum Gasteiger partial charge on any atom is 0.119 e. The van der Waals surface area contributed by atoms with E-state index in [-0.39, 0.29) is 5.75 Å². The van der Waals surface area contributed by atoms with Gasteiger partial charge in [-0.1, -0.05) is 11.6 Å². The average molecular weight is 249 g/mol. The first kappa shape index (κ1) is 11.6. The number of aryl methyl sites for hydroxylation is 1. The Morgan fingerprint density at radius 2 is 1.94 bits per heavy atom. The van der Waals surface area contributed by atoms with Crippen molar-refractivity contribution in [3.05, 3.63) is 47.0 Å². The number of nitrogens with two attached hydrogens (primary N) is 1. The number of anilines is 3. The molecule has 4 N–H and O–H groups in total. The lowest BCUT2D eigenvalue weighted by Gasteiger charge is -2.10. The lowest BCUT2D eigenvalue weighted by Crippen LogP contribution is -1.94. The van der Waals surface area contributed by atoms with Crippen LogP contribution in [0.25, 0.3) is 0 Å². The highest BCUT2D eigenvalue weighted by atomic mass is 35.5. The Morgan fingerprint density at radius 3 is 2.59 bits per heavy atom. The van der Waals surface area contributed by atoms with Gasteiger partial charge < -0.3 is 16.2 Å². The molecule has 0 spiro atoms. The van der Waals surface area contributed by atoms with Crippen LogP contribution in [0.1, 0.15) is 5.56 Å². The monoisotopic (exact) mass is 248 g/mol. The Balaban J connectivity index is 2.31. The van der Waals surface area contributed by atoms with Crippen molar-refractivity contribution in [2.45, 2.75) is 6.92 Å². The predicted octanol–water partition coefficient (Wildman–Crippen LogP) is 3.68. The number of phenols is 1. The Kier molecular flexibility index (Phi) is 3.11. The van der Waals surface area contributed by atoms with E-state index >= 15 is 0 Å². The molecule has 0 fully saturated rings. The molecule has 0 bridgehead atoms. The lowest BCUT2D eigenvalue weighted by molar-refractivity contribution is 0.475. The molecule has 3 nitrogen and oxygen atoms in total. The molecule has 88 valence electrons. The Hall–Kier alpha value is -1.87. The number of hydrogen-bond donors (Lipinski definition) is 3. The first-order chi connectivity index (χ1) is 8.04. The second-order valence-corrected chi connectivity index (χ2v) is 4.33. The summed E-state index contributed by atoms with van der Waals surface area (Å²) >= 11 is 5.86. The summed E-state index contributed by atoms with van der Waals surface area (Å²) in [6.07, 6.45) is 0. The number of rotatable bonds is 2. The second-order valence-electron chi connectivity index (χ2n) is 3.90. The normalized spacial score (nSPS) is 10.2. The molecule has 0 aliphatic rings. The third-order valence-corrected chi connectivity index (χ3v) is 2.63. The predicted molar refractivity (Wildman–Crippen MR) is 72.0 cm³/mol. The van der Waals surface area contributed by atoms with E-state index in [4.69, 9.17) is 17.3 Å². The number of phenolic OH excluding ortho intramolecular Hbond substituents is 1. The minimum absolute atomic E-state index is 0.132. The van der Waals surface area contributed by atoms with Gasteiger partial charge in [0, 0.05) is 28.2 Å². The standard InChI is InChI=1S/C13H13ClN2O/c1-8-4-10(15)2-3-13(8)16-11-5-9(14)6-12(17)7-11/h2-7,16-17H,15H2,1H3. The third kappa shape index (κ3) is 2.82. The molecule has 0 saturated heterocycles. The summed E-state index contributed by atoms with van der Waals surface area (Å²) in [5.74, 6) is 0.132. The van der Waals surface area contributed by atoms with Crippen LogP contribution in [-0.4, -0.2) is 5.11 Å². The molecule has 0 atom stereocenters. The SMILES string of the molecule is Cc1cc(N)ccc1Nc1cc(O)cc(Cl)c1. The van der Waals surface area contributed by atoms with Crippen LogP contribution in [0.15, 0.2) is 36.4 Å². The van der Waals surface area contributed by atoms with Crippen LogP contribution in [-0.2, 0) is 0 Å². The van der Waals surface area contributed by atoms with E-state index in [9.17, 15) is 5.11 Å². The zero-order valence-electron chi connectivity index (χ0n) is 9.37. The van der Waals surface area contributed by atoms with Crippen LogP contribution in [0.4, 0.5) is 17.1 Å². The quantitative estimate of drug-likeness (QED) is 0.711. The van der Waals surface area contributed by atoms with Gasteiger partial charge in [0.05, 0.1) is 0 Å². The zero-order valence-corrected chi connectivity index (χ0v) is 10.1. The van der Waals surface area contributed by atoms with Gasteiger partial charge in [0.1, 0.15) is 5.75 Å². The lowest BCUT2D eigenvalue weighted by atomic mass is 10.1. The molecule has 0 heterocycles. The van der Waals surface area contributed by atoms with Crippen molar-refractivity contribution in [1.29, 1.82) is 0 Å². The van der Waals surface area contributed by atoms with Crippen molar-refractivity contribution < 1.29 is 5.11 Å². The number of aromatic hydroxyl groups is 1. The van der Waals surface area contributed by atoms with Gasteiger partial charge in [-0.15, -0.1) is 0 Å². The molecule has 2 aromatic carbocycles. The molecule has 2 rings (SSSR count). The van der Waals surface area contributed by atoms with Crippen molar-refractivity contribution in [1.82, 2.24) is 0 Å². The maximum absolute atomic E-state index is 9.44. The molecule has 0 radical (unpaired) electrons. The molecular formula is C13H13ClN2O. The fourth-order valence-corrected chi connectivity index (χ4v) is 1.86. The maximum atomic E-state index is 9.44.